The van der Waals surface area contributed by atoms with Gasteiger partial charge >= 0.3 is 0 Å². The van der Waals surface area contributed by atoms with Crippen LogP contribution in [-0.4, -0.2) is 8.42 Å². The molecule has 0 radical (unpaired) electrons. The van der Waals surface area contributed by atoms with E-state index in [1.165, 1.54) is 5.56 Å². The standard InChI is InChI=1S/C18H23NO2S/c1-13-8-6-7-9-17(13)22(20,21)19-15-10-11-16(14(2)12-15)18(3,4)5/h6-12,19H,1-5H3. The van der Waals surface area contributed by atoms with E-state index in [-0.39, 0.29) is 5.41 Å². The molecule has 3 nitrogen and oxygen atoms in total. The number of hydrogen-bond acceptors (Lipinski definition) is 2. The Bertz CT molecular complexity index is 787. The van der Waals surface area contributed by atoms with E-state index in [1.54, 1.807) is 25.1 Å². The lowest BCUT2D eigenvalue weighted by molar-refractivity contribution is 0.586. The highest BCUT2D eigenvalue weighted by Crippen LogP contribution is 2.28. The molecule has 0 spiro atoms. The highest BCUT2D eigenvalue weighted by atomic mass is 32.2. The summed E-state index contributed by atoms with van der Waals surface area (Å²) in [4.78, 5) is 0.313. The second-order valence-electron chi connectivity index (χ2n) is 6.65. The molecular weight excluding hydrogens is 294 g/mol. The highest BCUT2D eigenvalue weighted by Gasteiger charge is 2.19. The minimum Gasteiger partial charge on any atom is -0.280 e. The molecule has 0 atom stereocenters. The Morgan fingerprint density at radius 1 is 0.909 bits per heavy atom. The van der Waals surface area contributed by atoms with E-state index < -0.39 is 10.0 Å². The molecule has 2 rings (SSSR count). The zero-order chi connectivity index (χ0) is 16.5. The van der Waals surface area contributed by atoms with Gasteiger partial charge in [-0.05, 0) is 54.2 Å². The summed E-state index contributed by atoms with van der Waals surface area (Å²) in [5, 5.41) is 0. The van der Waals surface area contributed by atoms with Crippen LogP contribution in [0.2, 0.25) is 0 Å². The van der Waals surface area contributed by atoms with Crippen LogP contribution >= 0.6 is 0 Å². The normalized spacial score (nSPS) is 12.2. The summed E-state index contributed by atoms with van der Waals surface area (Å²) in [6.45, 7) is 10.2. The van der Waals surface area contributed by atoms with Gasteiger partial charge in [0.1, 0.15) is 0 Å². The predicted molar refractivity (Wildman–Crippen MR) is 91.9 cm³/mol. The van der Waals surface area contributed by atoms with Crippen LogP contribution in [0.4, 0.5) is 5.69 Å². The number of nitrogens with one attached hydrogen (secondary N) is 1. The molecule has 1 N–H and O–H groups in total. The average Bonchev–Trinajstić information content (AvgIpc) is 2.36. The molecule has 0 saturated heterocycles. The van der Waals surface area contributed by atoms with Gasteiger partial charge < -0.3 is 0 Å². The highest BCUT2D eigenvalue weighted by molar-refractivity contribution is 7.92. The first-order valence-electron chi connectivity index (χ1n) is 7.31. The second kappa shape index (κ2) is 5.76. The van der Waals surface area contributed by atoms with Crippen LogP contribution in [0.3, 0.4) is 0 Å². The minimum atomic E-state index is -3.56. The predicted octanol–water partition coefficient (Wildman–Crippen LogP) is 4.40. The molecule has 22 heavy (non-hydrogen) atoms. The van der Waals surface area contributed by atoms with Gasteiger partial charge in [0.15, 0.2) is 0 Å². The zero-order valence-corrected chi connectivity index (χ0v) is 14.6. The molecule has 0 fully saturated rings. The van der Waals surface area contributed by atoms with Crippen LogP contribution in [0.1, 0.15) is 37.5 Å². The van der Waals surface area contributed by atoms with E-state index in [2.05, 4.69) is 25.5 Å². The van der Waals surface area contributed by atoms with Crippen LogP contribution in [0.15, 0.2) is 47.4 Å². The topological polar surface area (TPSA) is 46.2 Å². The van der Waals surface area contributed by atoms with E-state index in [0.717, 1.165) is 11.1 Å². The summed E-state index contributed by atoms with van der Waals surface area (Å²) in [5.41, 5.74) is 3.66. The quantitative estimate of drug-likeness (QED) is 0.912. The number of anilines is 1. The molecular formula is C18H23NO2S. The molecule has 0 saturated carbocycles. The van der Waals surface area contributed by atoms with Crippen molar-refractivity contribution in [1.82, 2.24) is 0 Å². The Hall–Kier alpha value is -1.81. The van der Waals surface area contributed by atoms with Gasteiger partial charge in [-0.2, -0.15) is 0 Å². The van der Waals surface area contributed by atoms with Crippen molar-refractivity contribution in [3.63, 3.8) is 0 Å². The van der Waals surface area contributed by atoms with Crippen LogP contribution in [0.5, 0.6) is 0 Å². The number of aryl methyl sites for hydroxylation is 2. The molecule has 0 aliphatic heterocycles. The number of sulfonamides is 1. The molecule has 2 aromatic carbocycles. The van der Waals surface area contributed by atoms with Gasteiger partial charge in [0, 0.05) is 5.69 Å². The van der Waals surface area contributed by atoms with Crippen LogP contribution < -0.4 is 4.72 Å². The summed E-state index contributed by atoms with van der Waals surface area (Å²) < 4.78 is 27.7. The van der Waals surface area contributed by atoms with Gasteiger partial charge in [0.2, 0.25) is 0 Å². The Balaban J connectivity index is 2.36. The lowest BCUT2D eigenvalue weighted by atomic mass is 9.84. The largest absolute Gasteiger partial charge is 0.280 e. The maximum atomic E-state index is 12.5. The smallest absolute Gasteiger partial charge is 0.262 e. The molecule has 0 bridgehead atoms. The van der Waals surface area contributed by atoms with Crippen molar-refractivity contribution in [2.45, 2.75) is 44.9 Å². The third-order valence-electron chi connectivity index (χ3n) is 3.67. The molecule has 2 aromatic rings. The molecule has 0 aliphatic carbocycles. The molecule has 0 amide bonds. The Labute approximate surface area is 133 Å². The van der Waals surface area contributed by atoms with E-state index in [1.807, 2.05) is 31.2 Å². The van der Waals surface area contributed by atoms with Crippen molar-refractivity contribution in [2.24, 2.45) is 0 Å². The maximum absolute atomic E-state index is 12.5. The van der Waals surface area contributed by atoms with E-state index in [0.29, 0.717) is 10.6 Å². The second-order valence-corrected chi connectivity index (χ2v) is 8.30. The van der Waals surface area contributed by atoms with Crippen LogP contribution in [-0.2, 0) is 15.4 Å². The first kappa shape index (κ1) is 16.6. The van der Waals surface area contributed by atoms with Crippen molar-refractivity contribution >= 4 is 15.7 Å². The van der Waals surface area contributed by atoms with Gasteiger partial charge in [-0.3, -0.25) is 4.72 Å². The van der Waals surface area contributed by atoms with Crippen LogP contribution in [0, 0.1) is 13.8 Å². The summed E-state index contributed by atoms with van der Waals surface area (Å²) in [7, 11) is -3.56. The molecule has 4 heteroatoms. The lowest BCUT2D eigenvalue weighted by Crippen LogP contribution is -2.16. The summed E-state index contributed by atoms with van der Waals surface area (Å²) >= 11 is 0. The van der Waals surface area contributed by atoms with Crippen molar-refractivity contribution < 1.29 is 8.42 Å². The first-order chi connectivity index (χ1) is 10.1. The van der Waals surface area contributed by atoms with Gasteiger partial charge in [-0.15, -0.1) is 0 Å². The molecule has 0 aliphatic rings. The van der Waals surface area contributed by atoms with Crippen molar-refractivity contribution in [3.05, 3.63) is 59.2 Å². The lowest BCUT2D eigenvalue weighted by Gasteiger charge is -2.22. The van der Waals surface area contributed by atoms with Crippen LogP contribution in [0.25, 0.3) is 0 Å². The van der Waals surface area contributed by atoms with Gasteiger partial charge in [-0.1, -0.05) is 45.0 Å². The monoisotopic (exact) mass is 317 g/mol. The zero-order valence-electron chi connectivity index (χ0n) is 13.8. The third kappa shape index (κ3) is 3.50. The Kier molecular flexibility index (Phi) is 4.34. The van der Waals surface area contributed by atoms with E-state index >= 15 is 0 Å². The number of hydrogen-bond donors (Lipinski definition) is 1. The summed E-state index contributed by atoms with van der Waals surface area (Å²) in [6, 6.07) is 12.7. The van der Waals surface area contributed by atoms with Crippen molar-refractivity contribution in [2.75, 3.05) is 4.72 Å². The molecule has 118 valence electrons. The van der Waals surface area contributed by atoms with E-state index in [4.69, 9.17) is 0 Å². The van der Waals surface area contributed by atoms with Gasteiger partial charge in [-0.25, -0.2) is 8.42 Å². The number of benzene rings is 2. The fourth-order valence-corrected chi connectivity index (χ4v) is 3.93. The Morgan fingerprint density at radius 2 is 1.55 bits per heavy atom. The number of rotatable bonds is 3. The maximum Gasteiger partial charge on any atom is 0.262 e. The summed E-state index contributed by atoms with van der Waals surface area (Å²) in [5.74, 6) is 0. The SMILES string of the molecule is Cc1cc(NS(=O)(=O)c2ccccc2C)ccc1C(C)(C)C. The molecule has 0 aromatic heterocycles. The van der Waals surface area contributed by atoms with Gasteiger partial charge in [0.05, 0.1) is 4.90 Å². The van der Waals surface area contributed by atoms with E-state index in [9.17, 15) is 8.42 Å². The fraction of sp³-hybridized carbons (Fsp3) is 0.333. The molecule has 0 heterocycles. The minimum absolute atomic E-state index is 0.0392. The summed E-state index contributed by atoms with van der Waals surface area (Å²) in [6.07, 6.45) is 0. The van der Waals surface area contributed by atoms with Crippen molar-refractivity contribution in [3.8, 4) is 0 Å². The first-order valence-corrected chi connectivity index (χ1v) is 8.79. The average molecular weight is 317 g/mol. The third-order valence-corrected chi connectivity index (χ3v) is 5.21. The Morgan fingerprint density at radius 3 is 2.09 bits per heavy atom. The van der Waals surface area contributed by atoms with Gasteiger partial charge in [0.25, 0.3) is 10.0 Å². The molecule has 0 unspecified atom stereocenters. The fourth-order valence-electron chi connectivity index (χ4n) is 2.64. The van der Waals surface area contributed by atoms with Crippen molar-refractivity contribution in [1.29, 1.82) is 0 Å².